The SMILES string of the molecule is CN1CCN(C(=O)c2cccc(N3CCCC3)c2)CC1C(=O)NCc1ccc(CO)cc1. The molecule has 2 N–H and O–H groups in total. The van der Waals surface area contributed by atoms with Crippen LogP contribution in [0.15, 0.2) is 48.5 Å². The number of amides is 2. The highest BCUT2D eigenvalue weighted by Crippen LogP contribution is 2.22. The van der Waals surface area contributed by atoms with Crippen LogP contribution in [0, 0.1) is 0 Å². The third-order valence-electron chi connectivity index (χ3n) is 6.47. The van der Waals surface area contributed by atoms with Crippen LogP contribution in [0.2, 0.25) is 0 Å². The van der Waals surface area contributed by atoms with Crippen LogP contribution in [0.5, 0.6) is 0 Å². The quantitative estimate of drug-likeness (QED) is 0.723. The minimum absolute atomic E-state index is 0.00428. The van der Waals surface area contributed by atoms with Crippen LogP contribution in [0.4, 0.5) is 5.69 Å². The van der Waals surface area contributed by atoms with E-state index in [2.05, 4.69) is 16.3 Å². The average Bonchev–Trinajstić information content (AvgIpc) is 3.38. The predicted octanol–water partition coefficient (Wildman–Crippen LogP) is 1.85. The Bertz CT molecular complexity index is 940. The first-order chi connectivity index (χ1) is 15.5. The fourth-order valence-electron chi connectivity index (χ4n) is 4.40. The number of carbonyl (C=O) groups is 2. The van der Waals surface area contributed by atoms with Crippen molar-refractivity contribution < 1.29 is 14.7 Å². The standard InChI is InChI=1S/C25H32N4O3/c1-27-13-14-29(25(32)21-5-4-6-22(15-21)28-11-2-3-12-28)17-23(27)24(31)26-16-19-7-9-20(18-30)10-8-19/h4-10,15,23,30H,2-3,11-14,16-18H2,1H3,(H,26,31). The Morgan fingerprint density at radius 1 is 1.00 bits per heavy atom. The van der Waals surface area contributed by atoms with Gasteiger partial charge in [0, 0.05) is 50.5 Å². The molecule has 32 heavy (non-hydrogen) atoms. The number of piperazine rings is 1. The Morgan fingerprint density at radius 2 is 1.72 bits per heavy atom. The molecule has 7 heteroatoms. The molecule has 0 saturated carbocycles. The van der Waals surface area contributed by atoms with Gasteiger partial charge in [0.2, 0.25) is 5.91 Å². The molecule has 4 rings (SSSR count). The molecule has 2 amide bonds. The third-order valence-corrected chi connectivity index (χ3v) is 6.47. The maximum absolute atomic E-state index is 13.2. The monoisotopic (exact) mass is 436 g/mol. The van der Waals surface area contributed by atoms with Gasteiger partial charge in [0.1, 0.15) is 6.04 Å². The molecular formula is C25H32N4O3. The summed E-state index contributed by atoms with van der Waals surface area (Å²) in [6, 6.07) is 15.0. The minimum Gasteiger partial charge on any atom is -0.392 e. The number of hydrogen-bond acceptors (Lipinski definition) is 5. The largest absolute Gasteiger partial charge is 0.392 e. The number of anilines is 1. The number of carbonyl (C=O) groups excluding carboxylic acids is 2. The van der Waals surface area contributed by atoms with Crippen molar-refractivity contribution in [2.75, 3.05) is 44.7 Å². The number of hydrogen-bond donors (Lipinski definition) is 2. The Labute approximate surface area is 189 Å². The van der Waals surface area contributed by atoms with Gasteiger partial charge in [-0.1, -0.05) is 30.3 Å². The lowest BCUT2D eigenvalue weighted by Gasteiger charge is -2.38. The van der Waals surface area contributed by atoms with E-state index in [0.29, 0.717) is 31.7 Å². The Balaban J connectivity index is 1.38. The summed E-state index contributed by atoms with van der Waals surface area (Å²) in [6.07, 6.45) is 2.39. The third kappa shape index (κ3) is 5.11. The van der Waals surface area contributed by atoms with Gasteiger partial charge in [-0.2, -0.15) is 0 Å². The maximum atomic E-state index is 13.2. The van der Waals surface area contributed by atoms with Gasteiger partial charge in [0.05, 0.1) is 6.61 Å². The van der Waals surface area contributed by atoms with E-state index >= 15 is 0 Å². The van der Waals surface area contributed by atoms with Crippen molar-refractivity contribution in [3.05, 3.63) is 65.2 Å². The molecule has 0 radical (unpaired) electrons. The molecule has 2 fully saturated rings. The summed E-state index contributed by atoms with van der Waals surface area (Å²) in [7, 11) is 1.93. The van der Waals surface area contributed by atoms with E-state index in [0.717, 1.165) is 29.9 Å². The van der Waals surface area contributed by atoms with Crippen LogP contribution in [-0.4, -0.2) is 72.5 Å². The average molecular weight is 437 g/mol. The molecule has 0 aliphatic carbocycles. The number of rotatable bonds is 6. The van der Waals surface area contributed by atoms with Crippen molar-refractivity contribution >= 4 is 17.5 Å². The van der Waals surface area contributed by atoms with Gasteiger partial charge in [0.25, 0.3) is 5.91 Å². The number of nitrogens with one attached hydrogen (secondary N) is 1. The second-order valence-electron chi connectivity index (χ2n) is 8.68. The normalized spacial score (nSPS) is 19.2. The van der Waals surface area contributed by atoms with Crippen LogP contribution < -0.4 is 10.2 Å². The number of benzene rings is 2. The molecule has 2 aliphatic heterocycles. The number of nitrogens with zero attached hydrogens (tertiary/aromatic N) is 3. The molecule has 0 bridgehead atoms. The second-order valence-corrected chi connectivity index (χ2v) is 8.68. The summed E-state index contributed by atoms with van der Waals surface area (Å²) >= 11 is 0. The van der Waals surface area contributed by atoms with Crippen LogP contribution >= 0.6 is 0 Å². The minimum atomic E-state index is -0.383. The van der Waals surface area contributed by atoms with Gasteiger partial charge < -0.3 is 20.2 Å². The Hall–Kier alpha value is -2.90. The lowest BCUT2D eigenvalue weighted by Crippen LogP contribution is -2.58. The van der Waals surface area contributed by atoms with E-state index in [1.165, 1.54) is 12.8 Å². The van der Waals surface area contributed by atoms with Crippen LogP contribution in [0.1, 0.15) is 34.3 Å². The first kappa shape index (κ1) is 22.3. The molecular weight excluding hydrogens is 404 g/mol. The van der Waals surface area contributed by atoms with Crippen molar-refractivity contribution in [2.24, 2.45) is 0 Å². The van der Waals surface area contributed by atoms with Crippen molar-refractivity contribution in [1.82, 2.24) is 15.1 Å². The van der Waals surface area contributed by atoms with Crippen molar-refractivity contribution in [2.45, 2.75) is 32.0 Å². The van der Waals surface area contributed by atoms with Crippen molar-refractivity contribution in [3.8, 4) is 0 Å². The van der Waals surface area contributed by atoms with Gasteiger partial charge in [-0.15, -0.1) is 0 Å². The van der Waals surface area contributed by atoms with E-state index in [4.69, 9.17) is 5.11 Å². The zero-order valence-electron chi connectivity index (χ0n) is 18.7. The Kier molecular flexibility index (Phi) is 7.07. The van der Waals surface area contributed by atoms with E-state index in [-0.39, 0.29) is 24.5 Å². The highest BCUT2D eigenvalue weighted by Gasteiger charge is 2.32. The van der Waals surface area contributed by atoms with E-state index in [1.54, 1.807) is 4.90 Å². The molecule has 2 heterocycles. The number of likely N-dealkylation sites (N-methyl/N-ethyl adjacent to an activating group) is 1. The molecule has 0 aromatic heterocycles. The molecule has 2 saturated heterocycles. The van der Waals surface area contributed by atoms with Crippen LogP contribution in [0.25, 0.3) is 0 Å². The van der Waals surface area contributed by atoms with Crippen molar-refractivity contribution in [1.29, 1.82) is 0 Å². The highest BCUT2D eigenvalue weighted by atomic mass is 16.3. The van der Waals surface area contributed by atoms with Crippen molar-refractivity contribution in [3.63, 3.8) is 0 Å². The van der Waals surface area contributed by atoms with Gasteiger partial charge in [-0.25, -0.2) is 0 Å². The Morgan fingerprint density at radius 3 is 2.44 bits per heavy atom. The van der Waals surface area contributed by atoms with Gasteiger partial charge in [-0.3, -0.25) is 14.5 Å². The molecule has 170 valence electrons. The molecule has 2 aromatic carbocycles. The lowest BCUT2D eigenvalue weighted by atomic mass is 10.1. The highest BCUT2D eigenvalue weighted by molar-refractivity contribution is 5.96. The molecule has 1 unspecified atom stereocenters. The summed E-state index contributed by atoms with van der Waals surface area (Å²) in [4.78, 5) is 32.2. The summed E-state index contributed by atoms with van der Waals surface area (Å²) in [6.45, 7) is 4.13. The number of aliphatic hydroxyl groups is 1. The topological polar surface area (TPSA) is 76.1 Å². The maximum Gasteiger partial charge on any atom is 0.254 e. The smallest absolute Gasteiger partial charge is 0.254 e. The molecule has 2 aliphatic rings. The van der Waals surface area contributed by atoms with Gasteiger partial charge in [-0.05, 0) is 49.2 Å². The van der Waals surface area contributed by atoms with E-state index < -0.39 is 0 Å². The van der Waals surface area contributed by atoms with Gasteiger partial charge >= 0.3 is 0 Å². The zero-order valence-corrected chi connectivity index (χ0v) is 18.7. The fraction of sp³-hybridized carbons (Fsp3) is 0.440. The van der Waals surface area contributed by atoms with E-state index in [9.17, 15) is 9.59 Å². The molecule has 7 nitrogen and oxygen atoms in total. The summed E-state index contributed by atoms with van der Waals surface area (Å²) in [5.41, 5.74) is 3.60. The van der Waals surface area contributed by atoms with E-state index in [1.807, 2.05) is 54.4 Å². The summed E-state index contributed by atoms with van der Waals surface area (Å²) in [5.74, 6) is -0.0985. The molecule has 1 atom stereocenters. The summed E-state index contributed by atoms with van der Waals surface area (Å²) < 4.78 is 0. The molecule has 2 aromatic rings. The van der Waals surface area contributed by atoms with Crippen LogP contribution in [-0.2, 0) is 17.9 Å². The zero-order chi connectivity index (χ0) is 22.5. The first-order valence-corrected chi connectivity index (χ1v) is 11.4. The van der Waals surface area contributed by atoms with Gasteiger partial charge in [0.15, 0.2) is 0 Å². The summed E-state index contributed by atoms with van der Waals surface area (Å²) in [5, 5.41) is 12.2. The van der Waals surface area contributed by atoms with Crippen LogP contribution in [0.3, 0.4) is 0 Å². The molecule has 0 spiro atoms. The fourth-order valence-corrected chi connectivity index (χ4v) is 4.40. The number of aliphatic hydroxyl groups excluding tert-OH is 1. The second kappa shape index (κ2) is 10.1. The lowest BCUT2D eigenvalue weighted by molar-refractivity contribution is -0.127. The first-order valence-electron chi connectivity index (χ1n) is 11.4. The predicted molar refractivity (Wildman–Crippen MR) is 124 cm³/mol.